The summed E-state index contributed by atoms with van der Waals surface area (Å²) in [5, 5.41) is 0. The van der Waals surface area contributed by atoms with Crippen molar-refractivity contribution in [2.45, 2.75) is 27.7 Å². The molecule has 0 bridgehead atoms. The fraction of sp³-hybridized carbons (Fsp3) is 0.294. The highest BCUT2D eigenvalue weighted by atomic mass is 16.7. The first-order chi connectivity index (χ1) is 9.06. The summed E-state index contributed by atoms with van der Waals surface area (Å²) >= 11 is 0. The third-order valence-corrected chi connectivity index (χ3v) is 3.12. The molecular weight excluding hydrogens is 236 g/mol. The van der Waals surface area contributed by atoms with Crippen LogP contribution in [-0.2, 0) is 0 Å². The molecule has 0 N–H and O–H groups in total. The van der Waals surface area contributed by atoms with Gasteiger partial charge < -0.3 is 9.47 Å². The van der Waals surface area contributed by atoms with E-state index in [1.807, 2.05) is 26.0 Å². The average molecular weight is 256 g/mol. The SMILES string of the molecule is Cc1ccc(C)c(OCOc2cc(C)ccc2C)c1. The number of aryl methyl sites for hydroxylation is 4. The van der Waals surface area contributed by atoms with Crippen molar-refractivity contribution >= 4 is 0 Å². The van der Waals surface area contributed by atoms with Crippen molar-refractivity contribution in [2.75, 3.05) is 6.79 Å². The summed E-state index contributed by atoms with van der Waals surface area (Å²) in [5.74, 6) is 1.76. The number of ether oxygens (including phenoxy) is 2. The van der Waals surface area contributed by atoms with Gasteiger partial charge in [-0.3, -0.25) is 0 Å². The molecule has 0 aliphatic carbocycles. The van der Waals surface area contributed by atoms with Crippen LogP contribution in [0.3, 0.4) is 0 Å². The van der Waals surface area contributed by atoms with Gasteiger partial charge in [0.05, 0.1) is 0 Å². The standard InChI is InChI=1S/C17H20O2/c1-12-5-7-14(3)16(9-12)18-11-19-17-10-13(2)6-8-15(17)4/h5-10H,11H2,1-4H3. The summed E-state index contributed by atoms with van der Waals surface area (Å²) in [7, 11) is 0. The molecule has 0 radical (unpaired) electrons. The molecule has 2 nitrogen and oxygen atoms in total. The van der Waals surface area contributed by atoms with Gasteiger partial charge in [-0.05, 0) is 62.1 Å². The van der Waals surface area contributed by atoms with E-state index in [4.69, 9.17) is 9.47 Å². The fourth-order valence-electron chi connectivity index (χ4n) is 1.88. The van der Waals surface area contributed by atoms with Crippen molar-refractivity contribution < 1.29 is 9.47 Å². The van der Waals surface area contributed by atoms with Crippen LogP contribution in [-0.4, -0.2) is 6.79 Å². The van der Waals surface area contributed by atoms with Crippen molar-refractivity contribution in [2.24, 2.45) is 0 Å². The van der Waals surface area contributed by atoms with Crippen LogP contribution >= 0.6 is 0 Å². The van der Waals surface area contributed by atoms with E-state index in [9.17, 15) is 0 Å². The van der Waals surface area contributed by atoms with E-state index in [1.54, 1.807) is 0 Å². The Hall–Kier alpha value is -1.96. The zero-order valence-electron chi connectivity index (χ0n) is 12.0. The Morgan fingerprint density at radius 2 is 1.11 bits per heavy atom. The summed E-state index contributed by atoms with van der Waals surface area (Å²) in [5.41, 5.74) is 4.62. The number of benzene rings is 2. The predicted octanol–water partition coefficient (Wildman–Crippen LogP) is 4.34. The molecule has 2 rings (SSSR count). The van der Waals surface area contributed by atoms with Crippen LogP contribution in [0.1, 0.15) is 22.3 Å². The minimum Gasteiger partial charge on any atom is -0.457 e. The van der Waals surface area contributed by atoms with Crippen LogP contribution in [0.2, 0.25) is 0 Å². The molecule has 2 heteroatoms. The summed E-state index contributed by atoms with van der Waals surface area (Å²) in [6.07, 6.45) is 0. The second kappa shape index (κ2) is 5.79. The van der Waals surface area contributed by atoms with Crippen molar-refractivity contribution in [1.29, 1.82) is 0 Å². The second-order valence-electron chi connectivity index (χ2n) is 4.94. The topological polar surface area (TPSA) is 18.5 Å². The van der Waals surface area contributed by atoms with Gasteiger partial charge >= 0.3 is 0 Å². The molecule has 0 fully saturated rings. The molecule has 2 aromatic rings. The maximum Gasteiger partial charge on any atom is 0.230 e. The maximum atomic E-state index is 5.69. The highest BCUT2D eigenvalue weighted by Crippen LogP contribution is 2.21. The van der Waals surface area contributed by atoms with E-state index in [2.05, 4.69) is 38.1 Å². The summed E-state index contributed by atoms with van der Waals surface area (Å²) in [4.78, 5) is 0. The van der Waals surface area contributed by atoms with E-state index in [-0.39, 0.29) is 6.79 Å². The lowest BCUT2D eigenvalue weighted by atomic mass is 10.1. The molecule has 0 amide bonds. The van der Waals surface area contributed by atoms with Gasteiger partial charge in [0.2, 0.25) is 6.79 Å². The van der Waals surface area contributed by atoms with Crippen LogP contribution in [0, 0.1) is 27.7 Å². The molecule has 0 saturated heterocycles. The van der Waals surface area contributed by atoms with Crippen LogP contribution in [0.5, 0.6) is 11.5 Å². The van der Waals surface area contributed by atoms with E-state index >= 15 is 0 Å². The third-order valence-electron chi connectivity index (χ3n) is 3.12. The molecular formula is C17H20O2. The normalized spacial score (nSPS) is 10.3. The smallest absolute Gasteiger partial charge is 0.230 e. The van der Waals surface area contributed by atoms with Gasteiger partial charge in [0.15, 0.2) is 0 Å². The largest absolute Gasteiger partial charge is 0.457 e. The highest BCUT2D eigenvalue weighted by Gasteiger charge is 2.02. The van der Waals surface area contributed by atoms with Crippen LogP contribution in [0.15, 0.2) is 36.4 Å². The van der Waals surface area contributed by atoms with Gasteiger partial charge in [-0.1, -0.05) is 24.3 Å². The molecule has 100 valence electrons. The van der Waals surface area contributed by atoms with Gasteiger partial charge in [0.1, 0.15) is 11.5 Å². The van der Waals surface area contributed by atoms with Crippen LogP contribution in [0.25, 0.3) is 0 Å². The lowest BCUT2D eigenvalue weighted by Crippen LogP contribution is -2.07. The molecule has 0 spiro atoms. The molecule has 19 heavy (non-hydrogen) atoms. The average Bonchev–Trinajstić information content (AvgIpc) is 2.38. The lowest BCUT2D eigenvalue weighted by Gasteiger charge is -2.13. The predicted molar refractivity (Wildman–Crippen MR) is 78.0 cm³/mol. The molecule has 0 aliphatic rings. The van der Waals surface area contributed by atoms with Gasteiger partial charge in [-0.15, -0.1) is 0 Å². The molecule has 2 aromatic carbocycles. The van der Waals surface area contributed by atoms with E-state index < -0.39 is 0 Å². The van der Waals surface area contributed by atoms with E-state index in [0.717, 1.165) is 22.6 Å². The van der Waals surface area contributed by atoms with Crippen LogP contribution in [0.4, 0.5) is 0 Å². The number of hydrogen-bond acceptors (Lipinski definition) is 2. The Kier molecular flexibility index (Phi) is 4.10. The zero-order valence-corrected chi connectivity index (χ0v) is 12.0. The van der Waals surface area contributed by atoms with Gasteiger partial charge in [0, 0.05) is 0 Å². The molecule has 0 aromatic heterocycles. The first-order valence-corrected chi connectivity index (χ1v) is 6.46. The minimum atomic E-state index is 0.231. The fourth-order valence-corrected chi connectivity index (χ4v) is 1.88. The van der Waals surface area contributed by atoms with Gasteiger partial charge in [-0.25, -0.2) is 0 Å². The first-order valence-electron chi connectivity index (χ1n) is 6.46. The summed E-state index contributed by atoms with van der Waals surface area (Å²) in [6.45, 7) is 8.41. The Bertz CT molecular complexity index is 522. The van der Waals surface area contributed by atoms with Gasteiger partial charge in [-0.2, -0.15) is 0 Å². The van der Waals surface area contributed by atoms with E-state index in [1.165, 1.54) is 11.1 Å². The Morgan fingerprint density at radius 1 is 0.684 bits per heavy atom. The Labute approximate surface area is 115 Å². The molecule has 0 atom stereocenters. The second-order valence-corrected chi connectivity index (χ2v) is 4.94. The van der Waals surface area contributed by atoms with Crippen molar-refractivity contribution in [1.82, 2.24) is 0 Å². The number of rotatable bonds is 4. The van der Waals surface area contributed by atoms with Crippen molar-refractivity contribution in [3.8, 4) is 11.5 Å². The minimum absolute atomic E-state index is 0.231. The van der Waals surface area contributed by atoms with Gasteiger partial charge in [0.25, 0.3) is 0 Å². The van der Waals surface area contributed by atoms with E-state index in [0.29, 0.717) is 0 Å². The summed E-state index contributed by atoms with van der Waals surface area (Å²) < 4.78 is 11.4. The first kappa shape index (κ1) is 13.5. The van der Waals surface area contributed by atoms with Crippen LogP contribution < -0.4 is 9.47 Å². The quantitative estimate of drug-likeness (QED) is 0.758. The van der Waals surface area contributed by atoms with Crippen molar-refractivity contribution in [3.05, 3.63) is 58.7 Å². The Balaban J connectivity index is 2.00. The molecule has 0 aliphatic heterocycles. The zero-order chi connectivity index (χ0) is 13.8. The van der Waals surface area contributed by atoms with Crippen molar-refractivity contribution in [3.63, 3.8) is 0 Å². The highest BCUT2D eigenvalue weighted by molar-refractivity contribution is 5.37. The summed E-state index contributed by atoms with van der Waals surface area (Å²) in [6, 6.07) is 12.3. The Morgan fingerprint density at radius 3 is 1.53 bits per heavy atom. The molecule has 0 unspecified atom stereocenters. The number of hydrogen-bond donors (Lipinski definition) is 0. The monoisotopic (exact) mass is 256 g/mol. The maximum absolute atomic E-state index is 5.69. The lowest BCUT2D eigenvalue weighted by molar-refractivity contribution is 0.118. The molecule has 0 saturated carbocycles. The molecule has 0 heterocycles. The third kappa shape index (κ3) is 3.50.